The van der Waals surface area contributed by atoms with E-state index in [1.165, 1.54) is 0 Å². The van der Waals surface area contributed by atoms with Gasteiger partial charge in [0.25, 0.3) is 5.91 Å². The lowest BCUT2D eigenvalue weighted by atomic mass is 10.1. The van der Waals surface area contributed by atoms with Crippen molar-refractivity contribution in [1.82, 2.24) is 0 Å². The number of carbonyl (C=O) groups is 1. The van der Waals surface area contributed by atoms with E-state index in [2.05, 4.69) is 10.6 Å². The molecule has 0 aliphatic rings. The Morgan fingerprint density at radius 2 is 1.86 bits per heavy atom. The maximum absolute atomic E-state index is 12.4. The van der Waals surface area contributed by atoms with Crippen molar-refractivity contribution in [1.29, 1.82) is 0 Å². The van der Waals surface area contributed by atoms with Gasteiger partial charge in [0.1, 0.15) is 5.75 Å². The van der Waals surface area contributed by atoms with E-state index in [9.17, 15) is 4.79 Å². The van der Waals surface area contributed by atoms with Crippen LogP contribution >= 0.6 is 11.6 Å². The molecule has 2 rings (SSSR count). The van der Waals surface area contributed by atoms with Crippen molar-refractivity contribution < 1.29 is 9.53 Å². The van der Waals surface area contributed by atoms with Gasteiger partial charge < -0.3 is 15.4 Å². The van der Waals surface area contributed by atoms with Crippen LogP contribution in [0, 0.1) is 6.92 Å². The van der Waals surface area contributed by atoms with Crippen LogP contribution in [0.2, 0.25) is 5.02 Å². The van der Waals surface area contributed by atoms with Crippen LogP contribution in [0.4, 0.5) is 11.4 Å². The van der Waals surface area contributed by atoms with Crippen molar-refractivity contribution in [2.45, 2.75) is 6.92 Å². The zero-order valence-electron chi connectivity index (χ0n) is 12.2. The first-order chi connectivity index (χ1) is 10.0. The SMILES string of the molecule is CNc1ccc(Cl)cc1C(=O)Nc1ccc(OC)cc1C. The smallest absolute Gasteiger partial charge is 0.257 e. The van der Waals surface area contributed by atoms with Crippen LogP contribution in [0.25, 0.3) is 0 Å². The van der Waals surface area contributed by atoms with E-state index in [0.29, 0.717) is 10.6 Å². The Labute approximate surface area is 129 Å². The highest BCUT2D eigenvalue weighted by Gasteiger charge is 2.13. The average molecular weight is 305 g/mol. The maximum Gasteiger partial charge on any atom is 0.257 e. The van der Waals surface area contributed by atoms with Gasteiger partial charge in [-0.2, -0.15) is 0 Å². The molecule has 2 aromatic carbocycles. The molecule has 1 amide bonds. The summed E-state index contributed by atoms with van der Waals surface area (Å²) in [5.74, 6) is 0.541. The second kappa shape index (κ2) is 6.50. The highest BCUT2D eigenvalue weighted by atomic mass is 35.5. The second-order valence-corrected chi connectivity index (χ2v) is 5.01. The molecule has 0 aromatic heterocycles. The molecule has 0 atom stereocenters. The van der Waals surface area contributed by atoms with Gasteiger partial charge in [0, 0.05) is 23.4 Å². The number of hydrogen-bond acceptors (Lipinski definition) is 3. The summed E-state index contributed by atoms with van der Waals surface area (Å²) in [6, 6.07) is 10.6. The minimum absolute atomic E-state index is 0.213. The van der Waals surface area contributed by atoms with Gasteiger partial charge >= 0.3 is 0 Å². The lowest BCUT2D eigenvalue weighted by molar-refractivity contribution is 0.102. The average Bonchev–Trinajstić information content (AvgIpc) is 2.49. The third-order valence-electron chi connectivity index (χ3n) is 3.18. The van der Waals surface area contributed by atoms with Crippen molar-refractivity contribution in [2.75, 3.05) is 24.8 Å². The van der Waals surface area contributed by atoms with Crippen LogP contribution in [0.3, 0.4) is 0 Å². The zero-order chi connectivity index (χ0) is 15.4. The molecule has 110 valence electrons. The Hall–Kier alpha value is -2.20. The number of methoxy groups -OCH3 is 1. The van der Waals surface area contributed by atoms with Crippen molar-refractivity contribution >= 4 is 28.9 Å². The highest BCUT2D eigenvalue weighted by Crippen LogP contribution is 2.24. The fourth-order valence-corrected chi connectivity index (χ4v) is 2.19. The van der Waals surface area contributed by atoms with Crippen LogP contribution in [-0.4, -0.2) is 20.1 Å². The first-order valence-electron chi connectivity index (χ1n) is 6.48. The number of amides is 1. The van der Waals surface area contributed by atoms with Crippen LogP contribution < -0.4 is 15.4 Å². The fraction of sp³-hybridized carbons (Fsp3) is 0.188. The highest BCUT2D eigenvalue weighted by molar-refractivity contribution is 6.31. The van der Waals surface area contributed by atoms with E-state index in [1.54, 1.807) is 38.4 Å². The van der Waals surface area contributed by atoms with Gasteiger partial charge in [-0.25, -0.2) is 0 Å². The van der Waals surface area contributed by atoms with Gasteiger partial charge in [-0.05, 0) is 48.9 Å². The summed E-state index contributed by atoms with van der Waals surface area (Å²) in [4.78, 5) is 12.4. The number of benzene rings is 2. The van der Waals surface area contributed by atoms with Gasteiger partial charge in [-0.3, -0.25) is 4.79 Å². The molecule has 5 heteroatoms. The Morgan fingerprint density at radius 1 is 1.14 bits per heavy atom. The van der Waals surface area contributed by atoms with Crippen molar-refractivity contribution in [3.05, 3.63) is 52.5 Å². The summed E-state index contributed by atoms with van der Waals surface area (Å²) in [5, 5.41) is 6.39. The molecule has 2 N–H and O–H groups in total. The first-order valence-corrected chi connectivity index (χ1v) is 6.86. The van der Waals surface area contributed by atoms with Crippen LogP contribution in [-0.2, 0) is 0 Å². The number of aryl methyl sites for hydroxylation is 1. The van der Waals surface area contributed by atoms with Gasteiger partial charge in [0.2, 0.25) is 0 Å². The number of carbonyl (C=O) groups excluding carboxylic acids is 1. The molecule has 0 aliphatic heterocycles. The molecular weight excluding hydrogens is 288 g/mol. The summed E-state index contributed by atoms with van der Waals surface area (Å²) in [7, 11) is 3.37. The lowest BCUT2D eigenvalue weighted by Gasteiger charge is -2.12. The Balaban J connectivity index is 2.28. The Kier molecular flexibility index (Phi) is 4.70. The predicted molar refractivity (Wildman–Crippen MR) is 86.7 cm³/mol. The molecule has 0 spiro atoms. The normalized spacial score (nSPS) is 10.1. The third-order valence-corrected chi connectivity index (χ3v) is 3.41. The van der Waals surface area contributed by atoms with Crippen molar-refractivity contribution in [3.8, 4) is 5.75 Å². The first kappa shape index (κ1) is 15.2. The topological polar surface area (TPSA) is 50.4 Å². The Morgan fingerprint density at radius 3 is 2.48 bits per heavy atom. The summed E-state index contributed by atoms with van der Waals surface area (Å²) in [6.45, 7) is 1.91. The fourth-order valence-electron chi connectivity index (χ4n) is 2.02. The van der Waals surface area contributed by atoms with E-state index < -0.39 is 0 Å². The predicted octanol–water partition coefficient (Wildman–Crippen LogP) is 3.95. The summed E-state index contributed by atoms with van der Waals surface area (Å²) >= 11 is 5.97. The van der Waals surface area contributed by atoms with Gasteiger partial charge in [-0.1, -0.05) is 11.6 Å². The molecule has 0 bridgehead atoms. The van der Waals surface area contributed by atoms with Crippen molar-refractivity contribution in [3.63, 3.8) is 0 Å². The number of hydrogen-bond donors (Lipinski definition) is 2. The summed E-state index contributed by atoms with van der Waals surface area (Å²) in [6.07, 6.45) is 0. The van der Waals surface area contributed by atoms with Crippen LogP contribution in [0.15, 0.2) is 36.4 Å². The minimum atomic E-state index is -0.213. The molecule has 0 aliphatic carbocycles. The summed E-state index contributed by atoms with van der Waals surface area (Å²) in [5.41, 5.74) is 2.89. The van der Waals surface area contributed by atoms with E-state index >= 15 is 0 Å². The molecule has 0 radical (unpaired) electrons. The molecule has 2 aromatic rings. The summed E-state index contributed by atoms with van der Waals surface area (Å²) < 4.78 is 5.15. The number of anilines is 2. The van der Waals surface area contributed by atoms with Gasteiger partial charge in [0.15, 0.2) is 0 Å². The number of halogens is 1. The number of ether oxygens (including phenoxy) is 1. The molecule has 0 saturated carbocycles. The molecule has 21 heavy (non-hydrogen) atoms. The number of rotatable bonds is 4. The van der Waals surface area contributed by atoms with Gasteiger partial charge in [-0.15, -0.1) is 0 Å². The molecule has 4 nitrogen and oxygen atoms in total. The quantitative estimate of drug-likeness (QED) is 0.899. The molecule has 0 heterocycles. The largest absolute Gasteiger partial charge is 0.497 e. The second-order valence-electron chi connectivity index (χ2n) is 4.57. The van der Waals surface area contributed by atoms with Crippen molar-refractivity contribution in [2.24, 2.45) is 0 Å². The van der Waals surface area contributed by atoms with E-state index in [4.69, 9.17) is 16.3 Å². The van der Waals surface area contributed by atoms with Gasteiger partial charge in [0.05, 0.1) is 12.7 Å². The maximum atomic E-state index is 12.4. The molecule has 0 unspecified atom stereocenters. The third kappa shape index (κ3) is 3.47. The lowest BCUT2D eigenvalue weighted by Crippen LogP contribution is -2.14. The molecule has 0 saturated heterocycles. The standard InChI is InChI=1S/C16H17ClN2O2/c1-10-8-12(21-3)5-7-14(10)19-16(20)13-9-11(17)4-6-15(13)18-2/h4-9,18H,1-3H3,(H,19,20). The van der Waals surface area contributed by atoms with Crippen LogP contribution in [0.5, 0.6) is 5.75 Å². The van der Waals surface area contributed by atoms with Crippen LogP contribution in [0.1, 0.15) is 15.9 Å². The minimum Gasteiger partial charge on any atom is -0.497 e. The van der Waals surface area contributed by atoms with E-state index in [1.807, 2.05) is 19.1 Å². The number of nitrogens with one attached hydrogen (secondary N) is 2. The monoisotopic (exact) mass is 304 g/mol. The Bertz CT molecular complexity index is 671. The zero-order valence-corrected chi connectivity index (χ0v) is 12.9. The van der Waals surface area contributed by atoms with E-state index in [0.717, 1.165) is 22.7 Å². The van der Waals surface area contributed by atoms with E-state index in [-0.39, 0.29) is 5.91 Å². The molecular formula is C16H17ClN2O2. The molecule has 0 fully saturated rings.